The van der Waals surface area contributed by atoms with Crippen LogP contribution < -0.4 is 0 Å². The van der Waals surface area contributed by atoms with Gasteiger partial charge in [-0.2, -0.15) is 0 Å². The van der Waals surface area contributed by atoms with Crippen molar-refractivity contribution in [2.75, 3.05) is 0 Å². The summed E-state index contributed by atoms with van der Waals surface area (Å²) < 4.78 is 0. The highest BCUT2D eigenvalue weighted by atomic mass is 16.2. The summed E-state index contributed by atoms with van der Waals surface area (Å²) in [6.07, 6.45) is 0.829. The number of hydrogen-bond donors (Lipinski definition) is 0. The number of rotatable bonds is 0. The Morgan fingerprint density at radius 1 is 1.38 bits per heavy atom. The third-order valence-corrected chi connectivity index (χ3v) is 0.573. The number of nitrogens with zero attached hydrogens (tertiary/aromatic N) is 3. The second-order valence-electron chi connectivity index (χ2n) is 1.10. The minimum absolute atomic E-state index is 0.722. The number of hydrogen-bond acceptors (Lipinski definition) is 4. The summed E-state index contributed by atoms with van der Waals surface area (Å²) in [5.74, 6) is -1.58. The van der Waals surface area contributed by atoms with E-state index in [9.17, 15) is 9.59 Å². The second kappa shape index (κ2) is 1.61. The normalized spacial score (nSPS) is 17.5. The van der Waals surface area contributed by atoms with Crippen molar-refractivity contribution in [2.24, 2.45) is 15.4 Å². The van der Waals surface area contributed by atoms with Gasteiger partial charge in [0, 0.05) is 0 Å². The quantitative estimate of drug-likeness (QED) is 0.396. The van der Waals surface area contributed by atoms with E-state index in [1.807, 2.05) is 0 Å². The van der Waals surface area contributed by atoms with Gasteiger partial charge in [0.05, 0.1) is 0 Å². The molecule has 0 aromatic carbocycles. The van der Waals surface area contributed by atoms with E-state index in [4.69, 9.17) is 0 Å². The molecule has 5 nitrogen and oxygen atoms in total. The number of carbonyl (C=O) groups is 2. The van der Waals surface area contributed by atoms with E-state index >= 15 is 0 Å². The van der Waals surface area contributed by atoms with Crippen LogP contribution in [-0.2, 0) is 9.59 Å². The Morgan fingerprint density at radius 3 is 2.50 bits per heavy atom. The van der Waals surface area contributed by atoms with Crippen molar-refractivity contribution in [1.82, 2.24) is 0 Å². The van der Waals surface area contributed by atoms with E-state index in [0.29, 0.717) is 0 Å². The zero-order valence-electron chi connectivity index (χ0n) is 3.74. The van der Waals surface area contributed by atoms with Gasteiger partial charge in [0.25, 0.3) is 5.78 Å². The highest BCUT2D eigenvalue weighted by molar-refractivity contribution is 6.58. The average Bonchev–Trinajstić information content (AvgIpc) is 1.77. The van der Waals surface area contributed by atoms with Crippen molar-refractivity contribution < 1.29 is 9.59 Å². The van der Waals surface area contributed by atoms with E-state index < -0.39 is 11.7 Å². The van der Waals surface area contributed by atoms with Gasteiger partial charge in [0.1, 0.15) is 6.21 Å². The van der Waals surface area contributed by atoms with Crippen LogP contribution in [0.5, 0.6) is 0 Å². The maximum atomic E-state index is 10.1. The van der Waals surface area contributed by atoms with Crippen molar-refractivity contribution in [1.29, 1.82) is 0 Å². The summed E-state index contributed by atoms with van der Waals surface area (Å²) in [4.78, 5) is 20.2. The molecule has 0 aromatic rings. The molecule has 0 fully saturated rings. The van der Waals surface area contributed by atoms with Crippen molar-refractivity contribution >= 4 is 17.9 Å². The van der Waals surface area contributed by atoms with Gasteiger partial charge >= 0.3 is 5.91 Å². The Morgan fingerprint density at radius 2 is 2.12 bits per heavy atom. The Labute approximate surface area is 44.1 Å². The molecule has 0 aromatic heterocycles. The lowest BCUT2D eigenvalue weighted by molar-refractivity contribution is -0.132. The fourth-order valence-electron chi connectivity index (χ4n) is 0.249. The van der Waals surface area contributed by atoms with Crippen LogP contribution in [0.4, 0.5) is 0 Å². The Bertz CT molecular complexity index is 171. The van der Waals surface area contributed by atoms with Gasteiger partial charge in [-0.05, 0) is 5.22 Å². The lowest BCUT2D eigenvalue weighted by Gasteiger charge is -1.85. The minimum Gasteiger partial charge on any atom is -0.282 e. The number of Topliss-reactive ketones (excluding diaryl/α,β-unsaturated/α-hetero) is 1. The predicted molar refractivity (Wildman–Crippen MR) is 23.4 cm³/mol. The lowest BCUT2D eigenvalue weighted by atomic mass is 10.4. The summed E-state index contributed by atoms with van der Waals surface area (Å²) in [5.41, 5.74) is 0. The van der Waals surface area contributed by atoms with Crippen molar-refractivity contribution in [3.8, 4) is 0 Å². The van der Waals surface area contributed by atoms with Gasteiger partial charge in [-0.15, -0.1) is 5.10 Å². The van der Waals surface area contributed by atoms with Crippen LogP contribution in [0.1, 0.15) is 0 Å². The van der Waals surface area contributed by atoms with Crippen molar-refractivity contribution in [3.05, 3.63) is 0 Å². The molecule has 1 heterocycles. The molecule has 0 saturated carbocycles. The van der Waals surface area contributed by atoms with E-state index in [1.165, 1.54) is 0 Å². The van der Waals surface area contributed by atoms with Crippen molar-refractivity contribution in [3.63, 3.8) is 0 Å². The summed E-state index contributed by atoms with van der Waals surface area (Å²) >= 11 is 0. The van der Waals surface area contributed by atoms with Gasteiger partial charge in [-0.25, -0.2) is 0 Å². The Kier molecular flexibility index (Phi) is 0.957. The van der Waals surface area contributed by atoms with Crippen LogP contribution in [0.25, 0.3) is 0 Å². The summed E-state index contributed by atoms with van der Waals surface area (Å²) in [5, 5.41) is 8.85. The fourth-order valence-corrected chi connectivity index (χ4v) is 0.249. The Hall–Kier alpha value is -1.39. The molecule has 0 radical (unpaired) electrons. The highest BCUT2D eigenvalue weighted by Crippen LogP contribution is 1.86. The first-order valence-electron chi connectivity index (χ1n) is 1.83. The zero-order valence-corrected chi connectivity index (χ0v) is 3.74. The maximum absolute atomic E-state index is 10.1. The minimum atomic E-state index is -0.861. The Balaban J connectivity index is 2.89. The number of carbonyl (C=O) groups excluding carboxylic acids is 2. The van der Waals surface area contributed by atoms with E-state index in [2.05, 4.69) is 15.4 Å². The number of ketones is 1. The fraction of sp³-hybridized carbons (Fsp3) is 0. The van der Waals surface area contributed by atoms with Crippen LogP contribution in [0.2, 0.25) is 0 Å². The van der Waals surface area contributed by atoms with Gasteiger partial charge < -0.3 is 0 Å². The first kappa shape index (κ1) is 4.76. The van der Waals surface area contributed by atoms with E-state index in [0.717, 1.165) is 6.21 Å². The molecule has 1 rings (SSSR count). The van der Waals surface area contributed by atoms with Crippen LogP contribution >= 0.6 is 0 Å². The molecule has 1 aliphatic heterocycles. The summed E-state index contributed by atoms with van der Waals surface area (Å²) in [6, 6.07) is 0. The summed E-state index contributed by atoms with van der Waals surface area (Å²) in [7, 11) is 0. The molecule has 5 heteroatoms. The highest BCUT2D eigenvalue weighted by Gasteiger charge is 2.11. The molecule has 0 bridgehead atoms. The van der Waals surface area contributed by atoms with Gasteiger partial charge in [-0.1, -0.05) is 5.11 Å². The molecule has 1 amide bonds. The molecule has 1 aliphatic rings. The molecule has 0 saturated heterocycles. The predicted octanol–water partition coefficient (Wildman–Crippen LogP) is -0.466. The average molecular weight is 111 g/mol. The third kappa shape index (κ3) is 0.651. The van der Waals surface area contributed by atoms with Gasteiger partial charge in [0.15, 0.2) is 0 Å². The second-order valence-corrected chi connectivity index (χ2v) is 1.10. The molecule has 8 heavy (non-hydrogen) atoms. The monoisotopic (exact) mass is 111 g/mol. The van der Waals surface area contributed by atoms with Crippen molar-refractivity contribution in [2.45, 2.75) is 0 Å². The van der Waals surface area contributed by atoms with E-state index in [1.54, 1.807) is 0 Å². The maximum Gasteiger partial charge on any atom is 0.338 e. The third-order valence-electron chi connectivity index (χ3n) is 0.573. The van der Waals surface area contributed by atoms with Crippen LogP contribution in [0, 0.1) is 0 Å². The van der Waals surface area contributed by atoms with Gasteiger partial charge in [-0.3, -0.25) is 9.59 Å². The van der Waals surface area contributed by atoms with Crippen LogP contribution in [0.3, 0.4) is 0 Å². The lowest BCUT2D eigenvalue weighted by Crippen LogP contribution is -2.13. The molecule has 0 unspecified atom stereocenters. The summed E-state index contributed by atoms with van der Waals surface area (Å²) in [6.45, 7) is 0. The van der Waals surface area contributed by atoms with Crippen LogP contribution in [-0.4, -0.2) is 17.9 Å². The largest absolute Gasteiger partial charge is 0.338 e. The SMILES string of the molecule is O=C1C=NN=NC1=O. The molecule has 0 atom stereocenters. The molecule has 0 N–H and O–H groups in total. The molecule has 0 aliphatic carbocycles. The molecular formula is C3HN3O2. The first-order chi connectivity index (χ1) is 3.80. The van der Waals surface area contributed by atoms with Gasteiger partial charge in [0.2, 0.25) is 0 Å². The number of amides is 1. The van der Waals surface area contributed by atoms with E-state index in [-0.39, 0.29) is 0 Å². The molecular weight excluding hydrogens is 110 g/mol. The topological polar surface area (TPSA) is 71.2 Å². The zero-order chi connectivity index (χ0) is 5.98. The smallest absolute Gasteiger partial charge is 0.282 e. The first-order valence-corrected chi connectivity index (χ1v) is 1.83. The standard InChI is InChI=1S/C3HN3O2/c7-2-1-4-6-5-3(2)8/h1H. The molecule has 0 spiro atoms. The van der Waals surface area contributed by atoms with Crippen LogP contribution in [0.15, 0.2) is 15.4 Å². The molecule has 40 valence electrons.